The molecule has 2 saturated heterocycles. The van der Waals surface area contributed by atoms with Crippen molar-refractivity contribution in [2.75, 3.05) is 26.3 Å². The molecule has 2 amide bonds. The number of aliphatic hydroxyl groups excluding tert-OH is 1. The lowest BCUT2D eigenvalue weighted by molar-refractivity contribution is -0.155. The zero-order valence-electron chi connectivity index (χ0n) is 21.9. The van der Waals surface area contributed by atoms with Crippen LogP contribution >= 0.6 is 0 Å². The molecular formula is C30H38N2O6. The monoisotopic (exact) mass is 522 g/mol. The van der Waals surface area contributed by atoms with Crippen LogP contribution in [0.2, 0.25) is 0 Å². The Morgan fingerprint density at radius 1 is 0.974 bits per heavy atom. The molecule has 8 heteroatoms. The first-order valence-corrected chi connectivity index (χ1v) is 14.0. The van der Waals surface area contributed by atoms with Gasteiger partial charge in [-0.1, -0.05) is 67.5 Å². The van der Waals surface area contributed by atoms with E-state index in [0.717, 1.165) is 37.7 Å². The first-order chi connectivity index (χ1) is 18.6. The number of ether oxygens (including phenoxy) is 2. The quantitative estimate of drug-likeness (QED) is 0.320. The lowest BCUT2D eigenvalue weighted by Gasteiger charge is -2.35. The second-order valence-corrected chi connectivity index (χ2v) is 10.7. The molecule has 0 aliphatic carbocycles. The Balaban J connectivity index is 1.49. The van der Waals surface area contributed by atoms with Crippen LogP contribution in [-0.4, -0.2) is 76.7 Å². The van der Waals surface area contributed by atoms with Gasteiger partial charge in [-0.25, -0.2) is 0 Å². The highest BCUT2D eigenvalue weighted by Gasteiger charge is 2.71. The number of cyclic esters (lactones) is 1. The fourth-order valence-corrected chi connectivity index (χ4v) is 6.40. The van der Waals surface area contributed by atoms with Crippen molar-refractivity contribution in [3.8, 4) is 0 Å². The number of aliphatic hydroxyl groups is 1. The average molecular weight is 523 g/mol. The summed E-state index contributed by atoms with van der Waals surface area (Å²) >= 11 is 0. The summed E-state index contributed by atoms with van der Waals surface area (Å²) in [4.78, 5) is 45.1. The highest BCUT2D eigenvalue weighted by molar-refractivity contribution is 5.99. The molecule has 5 atom stereocenters. The number of fused-ring (bicyclic) bond motifs is 2. The van der Waals surface area contributed by atoms with E-state index < -0.39 is 35.6 Å². The zero-order valence-corrected chi connectivity index (χ0v) is 21.9. The maximum atomic E-state index is 14.2. The lowest BCUT2D eigenvalue weighted by atomic mass is 9.78. The fourth-order valence-electron chi connectivity index (χ4n) is 6.40. The Morgan fingerprint density at radius 2 is 1.79 bits per heavy atom. The highest BCUT2D eigenvalue weighted by Crippen LogP contribution is 2.53. The Labute approximate surface area is 224 Å². The minimum absolute atomic E-state index is 0.140. The Bertz CT molecular complexity index is 1070. The molecule has 4 aliphatic heterocycles. The van der Waals surface area contributed by atoms with Gasteiger partial charge in [-0.05, 0) is 37.7 Å². The second-order valence-electron chi connectivity index (χ2n) is 10.7. The van der Waals surface area contributed by atoms with E-state index in [0.29, 0.717) is 39.1 Å². The van der Waals surface area contributed by atoms with Crippen LogP contribution in [0.4, 0.5) is 0 Å². The number of benzene rings is 1. The normalized spacial score (nSPS) is 31.9. The molecule has 5 rings (SSSR count). The summed E-state index contributed by atoms with van der Waals surface area (Å²) in [5.41, 5.74) is -0.216. The number of likely N-dealkylation sites (tertiary alicyclic amines) is 1. The number of rotatable bonds is 8. The predicted molar refractivity (Wildman–Crippen MR) is 141 cm³/mol. The van der Waals surface area contributed by atoms with Gasteiger partial charge >= 0.3 is 5.97 Å². The Hall–Kier alpha value is -2.97. The number of esters is 1. The number of unbranched alkanes of at least 4 members (excludes halogenated alkanes) is 3. The van der Waals surface area contributed by atoms with E-state index in [1.165, 1.54) is 0 Å². The molecule has 1 aromatic rings. The van der Waals surface area contributed by atoms with Crippen molar-refractivity contribution in [2.24, 2.45) is 11.8 Å². The van der Waals surface area contributed by atoms with Crippen molar-refractivity contribution in [3.63, 3.8) is 0 Å². The van der Waals surface area contributed by atoms with Gasteiger partial charge in [-0.3, -0.25) is 14.4 Å². The second kappa shape index (κ2) is 11.8. The summed E-state index contributed by atoms with van der Waals surface area (Å²) < 4.78 is 12.3. The number of allylic oxidation sites excluding steroid dienone is 1. The molecule has 1 unspecified atom stereocenters. The molecule has 4 heterocycles. The molecule has 0 radical (unpaired) electrons. The summed E-state index contributed by atoms with van der Waals surface area (Å²) in [7, 11) is 0. The minimum atomic E-state index is -1.22. The first kappa shape index (κ1) is 26.6. The summed E-state index contributed by atoms with van der Waals surface area (Å²) in [6.07, 6.45) is 12.7. The lowest BCUT2D eigenvalue weighted by Crippen LogP contribution is -2.55. The maximum absolute atomic E-state index is 14.2. The van der Waals surface area contributed by atoms with Gasteiger partial charge in [0.15, 0.2) is 0 Å². The van der Waals surface area contributed by atoms with Gasteiger partial charge < -0.3 is 24.4 Å². The van der Waals surface area contributed by atoms with Crippen LogP contribution in [-0.2, 0) is 30.4 Å². The van der Waals surface area contributed by atoms with Crippen LogP contribution in [0.5, 0.6) is 0 Å². The molecule has 2 fully saturated rings. The first-order valence-electron chi connectivity index (χ1n) is 14.0. The van der Waals surface area contributed by atoms with Gasteiger partial charge in [0.2, 0.25) is 11.8 Å². The molecule has 1 spiro atoms. The van der Waals surface area contributed by atoms with Crippen molar-refractivity contribution >= 4 is 17.8 Å². The fraction of sp³-hybridized carbons (Fsp3) is 0.567. The smallest absolute Gasteiger partial charge is 0.312 e. The average Bonchev–Trinajstić information content (AvgIpc) is 3.31. The molecule has 0 bridgehead atoms. The minimum Gasteiger partial charge on any atom is -0.465 e. The third-order valence-corrected chi connectivity index (χ3v) is 8.21. The van der Waals surface area contributed by atoms with E-state index in [-0.39, 0.29) is 18.4 Å². The van der Waals surface area contributed by atoms with Crippen LogP contribution in [0.15, 0.2) is 54.6 Å². The summed E-state index contributed by atoms with van der Waals surface area (Å²) in [5.74, 6) is -2.41. The topological polar surface area (TPSA) is 96.4 Å². The molecular weight excluding hydrogens is 484 g/mol. The molecule has 4 aliphatic rings. The van der Waals surface area contributed by atoms with E-state index in [1.54, 1.807) is 9.80 Å². The zero-order chi connectivity index (χ0) is 26.5. The Kier molecular flexibility index (Phi) is 8.29. The molecule has 1 N–H and O–H groups in total. The van der Waals surface area contributed by atoms with Gasteiger partial charge in [0, 0.05) is 26.2 Å². The predicted octanol–water partition coefficient (Wildman–Crippen LogP) is 3.00. The van der Waals surface area contributed by atoms with Crippen molar-refractivity contribution in [3.05, 3.63) is 60.2 Å². The van der Waals surface area contributed by atoms with E-state index in [1.807, 2.05) is 54.6 Å². The molecule has 8 nitrogen and oxygen atoms in total. The largest absolute Gasteiger partial charge is 0.465 e. The van der Waals surface area contributed by atoms with Gasteiger partial charge in [0.05, 0.1) is 18.6 Å². The molecule has 0 aromatic heterocycles. The SMILES string of the molecule is O=C1OCCCC/C=C\[C@H]2O[C@]34C=CCN(Cc5ccccc5)C(=O)C3N(CCCCCCO)C(=O)[C@@H]4[C@@H]12. The van der Waals surface area contributed by atoms with Gasteiger partial charge in [0.25, 0.3) is 0 Å². The number of hydrogen-bond donors (Lipinski definition) is 1. The molecule has 0 saturated carbocycles. The standard InChI is InChI=1S/C30H38N2O6/c33-19-10-3-2-9-18-32-26-28(35)31(21-22-13-6-5-7-14-22)17-12-16-30(26)25(27(32)34)24-23(38-30)15-8-1-4-11-20-37-29(24)36/h5-8,12-16,23-26,33H,1-4,9-11,17-21H2/b15-8-/t23-,24+,25+,26?,30+/m1/s1. The van der Waals surface area contributed by atoms with Crippen LogP contribution < -0.4 is 0 Å². The number of carbonyl (C=O) groups excluding carboxylic acids is 3. The van der Waals surface area contributed by atoms with Crippen molar-refractivity contribution in [1.29, 1.82) is 0 Å². The third-order valence-electron chi connectivity index (χ3n) is 8.21. The van der Waals surface area contributed by atoms with Crippen molar-refractivity contribution < 1.29 is 29.0 Å². The number of amides is 2. The van der Waals surface area contributed by atoms with E-state index >= 15 is 0 Å². The number of carbonyl (C=O) groups is 3. The molecule has 1 aromatic carbocycles. The summed E-state index contributed by atoms with van der Waals surface area (Å²) in [6.45, 7) is 1.69. The molecule has 204 valence electrons. The Morgan fingerprint density at radius 3 is 2.61 bits per heavy atom. The molecule has 38 heavy (non-hydrogen) atoms. The van der Waals surface area contributed by atoms with E-state index in [2.05, 4.69) is 0 Å². The number of nitrogens with zero attached hydrogens (tertiary/aromatic N) is 2. The third kappa shape index (κ3) is 5.04. The van der Waals surface area contributed by atoms with Crippen molar-refractivity contribution in [1.82, 2.24) is 9.80 Å². The van der Waals surface area contributed by atoms with Crippen LogP contribution in [0.1, 0.15) is 50.5 Å². The van der Waals surface area contributed by atoms with E-state index in [9.17, 15) is 14.4 Å². The van der Waals surface area contributed by atoms with Gasteiger partial charge in [0.1, 0.15) is 17.6 Å². The van der Waals surface area contributed by atoms with E-state index in [4.69, 9.17) is 14.6 Å². The van der Waals surface area contributed by atoms with Crippen LogP contribution in [0.25, 0.3) is 0 Å². The van der Waals surface area contributed by atoms with Gasteiger partial charge in [-0.15, -0.1) is 0 Å². The number of hydrogen-bond acceptors (Lipinski definition) is 6. The van der Waals surface area contributed by atoms with Crippen molar-refractivity contribution in [2.45, 2.75) is 69.2 Å². The highest BCUT2D eigenvalue weighted by atomic mass is 16.6. The summed E-state index contributed by atoms with van der Waals surface area (Å²) in [6, 6.07) is 8.96. The summed E-state index contributed by atoms with van der Waals surface area (Å²) in [5, 5.41) is 9.13. The van der Waals surface area contributed by atoms with Crippen LogP contribution in [0, 0.1) is 11.8 Å². The van der Waals surface area contributed by atoms with Gasteiger partial charge in [-0.2, -0.15) is 0 Å². The maximum Gasteiger partial charge on any atom is 0.312 e. The van der Waals surface area contributed by atoms with Crippen LogP contribution in [0.3, 0.4) is 0 Å².